The lowest BCUT2D eigenvalue weighted by Gasteiger charge is -2.11. The van der Waals surface area contributed by atoms with Gasteiger partial charge in [0.1, 0.15) is 5.75 Å². The van der Waals surface area contributed by atoms with E-state index >= 15 is 0 Å². The third-order valence-electron chi connectivity index (χ3n) is 4.20. The first kappa shape index (κ1) is 21.9. The molecule has 0 saturated carbocycles. The third-order valence-corrected chi connectivity index (χ3v) is 5.82. The molecule has 0 bridgehead atoms. The molecule has 2 aromatic carbocycles. The molecule has 0 heterocycles. The van der Waals surface area contributed by atoms with Crippen LogP contribution in [0, 0.1) is 20.8 Å². The summed E-state index contributed by atoms with van der Waals surface area (Å²) in [6.45, 7) is 6.52. The fourth-order valence-electron chi connectivity index (χ4n) is 2.71. The lowest BCUT2D eigenvalue weighted by Crippen LogP contribution is -2.35. The van der Waals surface area contributed by atoms with Gasteiger partial charge in [-0.1, -0.05) is 35.4 Å². The summed E-state index contributed by atoms with van der Waals surface area (Å²) in [7, 11) is -3.58. The van der Waals surface area contributed by atoms with Gasteiger partial charge in [-0.2, -0.15) is 0 Å². The van der Waals surface area contributed by atoms with Crippen molar-refractivity contribution >= 4 is 15.9 Å². The normalized spacial score (nSPS) is 11.2. The average molecular weight is 405 g/mol. The van der Waals surface area contributed by atoms with E-state index in [1.54, 1.807) is 19.1 Å². The van der Waals surface area contributed by atoms with Gasteiger partial charge in [-0.25, -0.2) is 13.1 Å². The Hall–Kier alpha value is -2.38. The monoisotopic (exact) mass is 404 g/mol. The molecule has 0 saturated heterocycles. The maximum Gasteiger partial charge on any atom is 0.240 e. The maximum absolute atomic E-state index is 12.3. The Bertz CT molecular complexity index is 893. The summed E-state index contributed by atoms with van der Waals surface area (Å²) in [5.41, 5.74) is 2.88. The van der Waals surface area contributed by atoms with E-state index in [4.69, 9.17) is 4.74 Å². The highest BCUT2D eigenvalue weighted by molar-refractivity contribution is 7.89. The van der Waals surface area contributed by atoms with Crippen LogP contribution >= 0.6 is 0 Å². The van der Waals surface area contributed by atoms with Gasteiger partial charge in [-0.3, -0.25) is 4.79 Å². The van der Waals surface area contributed by atoms with Crippen LogP contribution in [0.1, 0.15) is 29.5 Å². The number of nitrogens with one attached hydrogen (secondary N) is 2. The Morgan fingerprint density at radius 2 is 1.64 bits per heavy atom. The summed E-state index contributed by atoms with van der Waals surface area (Å²) < 4.78 is 32.8. The van der Waals surface area contributed by atoms with Gasteiger partial charge in [0.15, 0.2) is 0 Å². The lowest BCUT2D eigenvalue weighted by molar-refractivity contribution is -0.121. The molecule has 0 atom stereocenters. The maximum atomic E-state index is 12.3. The second-order valence-electron chi connectivity index (χ2n) is 6.78. The van der Waals surface area contributed by atoms with Gasteiger partial charge in [-0.15, -0.1) is 0 Å². The summed E-state index contributed by atoms with van der Waals surface area (Å²) in [4.78, 5) is 12.1. The van der Waals surface area contributed by atoms with Gasteiger partial charge in [0, 0.05) is 19.5 Å². The number of carbonyl (C=O) groups is 1. The molecular weight excluding hydrogens is 376 g/mol. The number of sulfonamides is 1. The molecule has 6 nitrogen and oxygen atoms in total. The number of hydrogen-bond donors (Lipinski definition) is 2. The smallest absolute Gasteiger partial charge is 0.240 e. The molecule has 0 fully saturated rings. The van der Waals surface area contributed by atoms with Crippen molar-refractivity contribution < 1.29 is 17.9 Å². The molecule has 0 aliphatic rings. The van der Waals surface area contributed by atoms with E-state index < -0.39 is 10.0 Å². The number of hydrogen-bond acceptors (Lipinski definition) is 4. The Balaban J connectivity index is 1.64. The van der Waals surface area contributed by atoms with Crippen molar-refractivity contribution in [2.75, 3.05) is 19.7 Å². The quantitative estimate of drug-likeness (QED) is 0.597. The Morgan fingerprint density at radius 3 is 2.32 bits per heavy atom. The molecule has 0 aliphatic heterocycles. The van der Waals surface area contributed by atoms with Crippen LogP contribution in [0.15, 0.2) is 47.4 Å². The fraction of sp³-hybridized carbons (Fsp3) is 0.381. The van der Waals surface area contributed by atoms with Crippen molar-refractivity contribution in [3.05, 3.63) is 59.2 Å². The van der Waals surface area contributed by atoms with Crippen molar-refractivity contribution in [3.63, 3.8) is 0 Å². The molecule has 152 valence electrons. The van der Waals surface area contributed by atoms with Crippen molar-refractivity contribution in [1.29, 1.82) is 0 Å². The molecule has 0 aliphatic carbocycles. The van der Waals surface area contributed by atoms with Gasteiger partial charge in [0.25, 0.3) is 0 Å². The van der Waals surface area contributed by atoms with E-state index in [0.29, 0.717) is 25.0 Å². The van der Waals surface area contributed by atoms with Gasteiger partial charge in [0.05, 0.1) is 11.5 Å². The van der Waals surface area contributed by atoms with Gasteiger partial charge < -0.3 is 10.1 Å². The molecule has 28 heavy (non-hydrogen) atoms. The minimum atomic E-state index is -3.58. The number of benzene rings is 2. The largest absolute Gasteiger partial charge is 0.494 e. The van der Waals surface area contributed by atoms with E-state index in [1.165, 1.54) is 5.56 Å². The minimum absolute atomic E-state index is 0.127. The molecule has 2 aromatic rings. The number of ether oxygens (including phenoxy) is 1. The van der Waals surface area contributed by atoms with E-state index in [0.717, 1.165) is 11.3 Å². The summed E-state index contributed by atoms with van der Waals surface area (Å²) in [6.07, 6.45) is 0.920. The zero-order valence-electron chi connectivity index (χ0n) is 16.6. The highest BCUT2D eigenvalue weighted by Gasteiger charge is 2.16. The van der Waals surface area contributed by atoms with Crippen LogP contribution in [0.25, 0.3) is 0 Å². The highest BCUT2D eigenvalue weighted by atomic mass is 32.2. The SMILES string of the molecule is Cc1ccc(OCCCC(=O)NCCNS(=O)(=O)c2ccc(C)cc2C)cc1. The Labute approximate surface area is 167 Å². The average Bonchev–Trinajstić information content (AvgIpc) is 2.63. The van der Waals surface area contributed by atoms with Gasteiger partial charge in [-0.05, 0) is 51.0 Å². The number of aryl methyl sites for hydroxylation is 3. The topological polar surface area (TPSA) is 84.5 Å². The first-order valence-corrected chi connectivity index (χ1v) is 10.8. The number of rotatable bonds is 10. The molecule has 2 N–H and O–H groups in total. The molecule has 1 amide bonds. The van der Waals surface area contributed by atoms with E-state index in [1.807, 2.05) is 44.2 Å². The summed E-state index contributed by atoms with van der Waals surface area (Å²) in [5, 5.41) is 2.72. The van der Waals surface area contributed by atoms with Crippen LogP contribution in [-0.4, -0.2) is 34.0 Å². The second-order valence-corrected chi connectivity index (χ2v) is 8.52. The summed E-state index contributed by atoms with van der Waals surface area (Å²) in [5.74, 6) is 0.657. The summed E-state index contributed by atoms with van der Waals surface area (Å²) in [6, 6.07) is 12.9. The number of carbonyl (C=O) groups excluding carboxylic acids is 1. The highest BCUT2D eigenvalue weighted by Crippen LogP contribution is 2.16. The second kappa shape index (κ2) is 10.2. The predicted molar refractivity (Wildman–Crippen MR) is 110 cm³/mol. The number of amides is 1. The Kier molecular flexibility index (Phi) is 8.02. The zero-order chi connectivity index (χ0) is 20.6. The predicted octanol–water partition coefficient (Wildman–Crippen LogP) is 2.87. The minimum Gasteiger partial charge on any atom is -0.494 e. The van der Waals surface area contributed by atoms with E-state index in [2.05, 4.69) is 10.0 Å². The molecule has 0 spiro atoms. The molecule has 0 unspecified atom stereocenters. The van der Waals surface area contributed by atoms with Crippen LogP contribution in [-0.2, 0) is 14.8 Å². The molecule has 0 aromatic heterocycles. The fourth-order valence-corrected chi connectivity index (χ4v) is 3.97. The third kappa shape index (κ3) is 6.98. The lowest BCUT2D eigenvalue weighted by atomic mass is 10.2. The Morgan fingerprint density at radius 1 is 0.964 bits per heavy atom. The van der Waals surface area contributed by atoms with Crippen molar-refractivity contribution in [3.8, 4) is 5.75 Å². The van der Waals surface area contributed by atoms with Crippen molar-refractivity contribution in [2.24, 2.45) is 0 Å². The summed E-state index contributed by atoms with van der Waals surface area (Å²) >= 11 is 0. The van der Waals surface area contributed by atoms with E-state index in [-0.39, 0.29) is 23.9 Å². The van der Waals surface area contributed by atoms with Crippen LogP contribution in [0.2, 0.25) is 0 Å². The van der Waals surface area contributed by atoms with Crippen LogP contribution < -0.4 is 14.8 Å². The zero-order valence-corrected chi connectivity index (χ0v) is 17.4. The molecule has 7 heteroatoms. The van der Waals surface area contributed by atoms with Gasteiger partial charge in [0.2, 0.25) is 15.9 Å². The van der Waals surface area contributed by atoms with Crippen molar-refractivity contribution in [1.82, 2.24) is 10.0 Å². The first-order chi connectivity index (χ1) is 13.3. The molecule has 0 radical (unpaired) electrons. The first-order valence-electron chi connectivity index (χ1n) is 9.31. The van der Waals surface area contributed by atoms with Crippen LogP contribution in [0.5, 0.6) is 5.75 Å². The molecule has 2 rings (SSSR count). The van der Waals surface area contributed by atoms with Crippen LogP contribution in [0.3, 0.4) is 0 Å². The standard InChI is InChI=1S/C21H28N2O4S/c1-16-6-9-19(10-7-16)27-14-4-5-21(24)22-12-13-23-28(25,26)20-11-8-17(2)15-18(20)3/h6-11,15,23H,4-5,12-14H2,1-3H3,(H,22,24). The molecular formula is C21H28N2O4S. The van der Waals surface area contributed by atoms with Crippen LogP contribution in [0.4, 0.5) is 0 Å². The van der Waals surface area contributed by atoms with E-state index in [9.17, 15) is 13.2 Å². The van der Waals surface area contributed by atoms with Crippen molar-refractivity contribution in [2.45, 2.75) is 38.5 Å². The van der Waals surface area contributed by atoms with Gasteiger partial charge >= 0.3 is 0 Å².